The molecule has 0 bridgehead atoms. The molecular weight excluding hydrogens is 446 g/mol. The number of carbonyl (C=O) groups is 2. The summed E-state index contributed by atoms with van der Waals surface area (Å²) >= 11 is 0. The number of ether oxygens (including phenoxy) is 1. The van der Waals surface area contributed by atoms with E-state index in [2.05, 4.69) is 10.0 Å². The van der Waals surface area contributed by atoms with Crippen molar-refractivity contribution in [1.29, 1.82) is 0 Å². The van der Waals surface area contributed by atoms with Crippen LogP contribution in [0.15, 0.2) is 54.6 Å². The zero-order chi connectivity index (χ0) is 24.4. The quantitative estimate of drug-likeness (QED) is 0.431. The van der Waals surface area contributed by atoms with Crippen molar-refractivity contribution in [3.8, 4) is 5.75 Å². The summed E-state index contributed by atoms with van der Waals surface area (Å²) in [6.07, 6.45) is -0.637. The Hall–Kier alpha value is -3.27. The maximum absolute atomic E-state index is 12.9. The lowest BCUT2D eigenvalue weighted by Gasteiger charge is -2.32. The van der Waals surface area contributed by atoms with Gasteiger partial charge in [0.05, 0.1) is 12.9 Å². The minimum absolute atomic E-state index is 0.0515. The maximum atomic E-state index is 12.9. The molecule has 0 heterocycles. The molecule has 9 nitrogen and oxygen atoms in total. The van der Waals surface area contributed by atoms with Crippen LogP contribution >= 0.6 is 0 Å². The van der Waals surface area contributed by atoms with E-state index in [1.807, 2.05) is 13.0 Å². The van der Waals surface area contributed by atoms with Crippen molar-refractivity contribution in [2.45, 2.75) is 32.9 Å². The molecule has 2 atom stereocenters. The van der Waals surface area contributed by atoms with Gasteiger partial charge in [0.15, 0.2) is 0 Å². The monoisotopic (exact) mass is 477 g/mol. The largest absolute Gasteiger partial charge is 0.497 e. The average Bonchev–Trinajstić information content (AvgIpc) is 2.79. The molecule has 0 fully saturated rings. The highest BCUT2D eigenvalue weighted by Crippen LogP contribution is 2.19. The Morgan fingerprint density at radius 2 is 1.73 bits per heavy atom. The van der Waals surface area contributed by atoms with Gasteiger partial charge in [-0.25, -0.2) is 13.2 Å². The van der Waals surface area contributed by atoms with Crippen molar-refractivity contribution < 1.29 is 27.9 Å². The lowest BCUT2D eigenvalue weighted by atomic mass is 9.96. The van der Waals surface area contributed by atoms with Crippen LogP contribution in [-0.2, 0) is 21.4 Å². The van der Waals surface area contributed by atoms with E-state index in [1.165, 1.54) is 7.11 Å². The number of methoxy groups -OCH3 is 1. The molecule has 0 radical (unpaired) electrons. The molecule has 33 heavy (non-hydrogen) atoms. The van der Waals surface area contributed by atoms with Crippen molar-refractivity contribution in [2.24, 2.45) is 5.92 Å². The van der Waals surface area contributed by atoms with Gasteiger partial charge in [-0.05, 0) is 35.7 Å². The molecule has 10 heteroatoms. The van der Waals surface area contributed by atoms with Gasteiger partial charge in [0.25, 0.3) is 0 Å². The van der Waals surface area contributed by atoms with Gasteiger partial charge in [-0.15, -0.1) is 0 Å². The van der Waals surface area contributed by atoms with Gasteiger partial charge >= 0.3 is 6.09 Å². The van der Waals surface area contributed by atoms with Crippen molar-refractivity contribution in [3.63, 3.8) is 0 Å². The zero-order valence-electron chi connectivity index (χ0n) is 19.0. The Balaban J connectivity index is 2.03. The molecular formula is C23H31N3O6S. The molecule has 2 aromatic carbocycles. The van der Waals surface area contributed by atoms with Gasteiger partial charge in [-0.2, -0.15) is 0 Å². The number of nitrogens with zero attached hydrogens (tertiary/aromatic N) is 1. The van der Waals surface area contributed by atoms with Crippen LogP contribution in [-0.4, -0.2) is 55.9 Å². The summed E-state index contributed by atoms with van der Waals surface area (Å²) < 4.78 is 32.2. The standard InChI is InChI=1S/C23H31N3O6S/c1-4-17(2)21(26(23(28)29)16-18-8-6-5-7-9-18)22(27)24-14-15-33(30,31)25-19-10-12-20(32-3)13-11-19/h5-13,17,21,25H,4,14-16H2,1-3H3,(H,24,27)(H,28,29)/t17-,21?/m0/s1. The molecule has 2 amide bonds. The van der Waals surface area contributed by atoms with Gasteiger partial charge in [0, 0.05) is 18.8 Å². The topological polar surface area (TPSA) is 125 Å². The molecule has 0 aromatic heterocycles. The van der Waals surface area contributed by atoms with E-state index in [4.69, 9.17) is 4.74 Å². The highest BCUT2D eigenvalue weighted by atomic mass is 32.2. The number of benzene rings is 2. The summed E-state index contributed by atoms with van der Waals surface area (Å²) in [5.41, 5.74) is 1.13. The molecule has 1 unspecified atom stereocenters. The Morgan fingerprint density at radius 3 is 2.27 bits per heavy atom. The first-order chi connectivity index (χ1) is 15.7. The molecule has 0 saturated heterocycles. The van der Waals surface area contributed by atoms with E-state index in [9.17, 15) is 23.1 Å². The molecule has 0 aliphatic carbocycles. The number of rotatable bonds is 12. The lowest BCUT2D eigenvalue weighted by molar-refractivity contribution is -0.127. The van der Waals surface area contributed by atoms with Gasteiger partial charge in [-0.1, -0.05) is 50.6 Å². The molecule has 2 rings (SSSR count). The first-order valence-corrected chi connectivity index (χ1v) is 12.3. The van der Waals surface area contributed by atoms with E-state index in [1.54, 1.807) is 55.5 Å². The van der Waals surface area contributed by atoms with Crippen molar-refractivity contribution in [1.82, 2.24) is 10.2 Å². The minimum atomic E-state index is -3.72. The summed E-state index contributed by atoms with van der Waals surface area (Å²) in [7, 11) is -2.21. The molecule has 3 N–H and O–H groups in total. The summed E-state index contributed by atoms with van der Waals surface area (Å²) in [5, 5.41) is 12.4. The van der Waals surface area contributed by atoms with Gasteiger partial charge in [-0.3, -0.25) is 14.4 Å². The fraction of sp³-hybridized carbons (Fsp3) is 0.391. The van der Waals surface area contributed by atoms with Crippen LogP contribution in [0.25, 0.3) is 0 Å². The smallest absolute Gasteiger partial charge is 0.408 e. The SMILES string of the molecule is CC[C@H](C)C(C(=O)NCCS(=O)(=O)Nc1ccc(OC)cc1)N(Cc1ccccc1)C(=O)O. The normalized spacial score (nSPS) is 12.9. The second-order valence-corrected chi connectivity index (χ2v) is 9.51. The predicted molar refractivity (Wildman–Crippen MR) is 127 cm³/mol. The second-order valence-electron chi connectivity index (χ2n) is 7.67. The summed E-state index contributed by atoms with van der Waals surface area (Å²) in [5.74, 6) is -0.551. The van der Waals surface area contributed by atoms with Crippen LogP contribution in [0, 0.1) is 5.92 Å². The summed E-state index contributed by atoms with van der Waals surface area (Å²) in [4.78, 5) is 26.0. The Kier molecular flexibility index (Phi) is 9.53. The first-order valence-electron chi connectivity index (χ1n) is 10.6. The fourth-order valence-corrected chi connectivity index (χ4v) is 4.27. The van der Waals surface area contributed by atoms with Gasteiger partial charge in [0.2, 0.25) is 15.9 Å². The van der Waals surface area contributed by atoms with Crippen LogP contribution in [0.1, 0.15) is 25.8 Å². The van der Waals surface area contributed by atoms with E-state index in [-0.39, 0.29) is 24.8 Å². The third kappa shape index (κ3) is 7.98. The molecule has 0 saturated carbocycles. The third-order valence-corrected chi connectivity index (χ3v) is 6.55. The van der Waals surface area contributed by atoms with E-state index in [0.29, 0.717) is 17.9 Å². The number of anilines is 1. The number of sulfonamides is 1. The van der Waals surface area contributed by atoms with Crippen molar-refractivity contribution in [3.05, 3.63) is 60.2 Å². The third-order valence-electron chi connectivity index (χ3n) is 5.26. The molecule has 0 spiro atoms. The second kappa shape index (κ2) is 12.1. The van der Waals surface area contributed by atoms with Crippen LogP contribution < -0.4 is 14.8 Å². The fourth-order valence-electron chi connectivity index (χ4n) is 3.30. The van der Waals surface area contributed by atoms with Gasteiger partial charge < -0.3 is 15.2 Å². The number of carbonyl (C=O) groups excluding carboxylic acids is 1. The number of amides is 2. The summed E-state index contributed by atoms with van der Waals surface area (Å²) in [6.45, 7) is 3.57. The van der Waals surface area contributed by atoms with E-state index in [0.717, 1.165) is 10.5 Å². The lowest BCUT2D eigenvalue weighted by Crippen LogP contribution is -2.52. The number of hydrogen-bond donors (Lipinski definition) is 3. The van der Waals surface area contributed by atoms with Crippen LogP contribution in [0.5, 0.6) is 5.75 Å². The molecule has 2 aromatic rings. The van der Waals surface area contributed by atoms with Crippen molar-refractivity contribution >= 4 is 27.7 Å². The summed E-state index contributed by atoms with van der Waals surface area (Å²) in [6, 6.07) is 14.5. The van der Waals surface area contributed by atoms with Crippen LogP contribution in [0.4, 0.5) is 10.5 Å². The van der Waals surface area contributed by atoms with Gasteiger partial charge in [0.1, 0.15) is 11.8 Å². The van der Waals surface area contributed by atoms with E-state index < -0.39 is 28.1 Å². The number of carboxylic acid groups (broad SMARTS) is 1. The average molecular weight is 478 g/mol. The zero-order valence-corrected chi connectivity index (χ0v) is 19.8. The Labute approximate surface area is 194 Å². The maximum Gasteiger partial charge on any atom is 0.408 e. The predicted octanol–water partition coefficient (Wildman–Crippen LogP) is 3.15. The highest BCUT2D eigenvalue weighted by Gasteiger charge is 2.33. The molecule has 180 valence electrons. The molecule has 0 aliphatic heterocycles. The number of hydrogen-bond acceptors (Lipinski definition) is 5. The Bertz CT molecular complexity index is 1010. The highest BCUT2D eigenvalue weighted by molar-refractivity contribution is 7.92. The molecule has 0 aliphatic rings. The minimum Gasteiger partial charge on any atom is -0.497 e. The first kappa shape index (κ1) is 26.0. The van der Waals surface area contributed by atoms with E-state index >= 15 is 0 Å². The van der Waals surface area contributed by atoms with Crippen LogP contribution in [0.3, 0.4) is 0 Å². The number of nitrogens with one attached hydrogen (secondary N) is 2. The Morgan fingerprint density at radius 1 is 1.09 bits per heavy atom. The van der Waals surface area contributed by atoms with Crippen LogP contribution in [0.2, 0.25) is 0 Å². The van der Waals surface area contributed by atoms with Crippen molar-refractivity contribution in [2.75, 3.05) is 24.1 Å².